The van der Waals surface area contributed by atoms with E-state index in [2.05, 4.69) is 4.72 Å². The summed E-state index contributed by atoms with van der Waals surface area (Å²) in [7, 11) is -2.01. The van der Waals surface area contributed by atoms with Gasteiger partial charge in [0.1, 0.15) is 9.96 Å². The molecule has 2 aromatic carbocycles. The Labute approximate surface area is 284 Å². The molecule has 0 unspecified atom stereocenters. The zero-order valence-corrected chi connectivity index (χ0v) is 29.2. The van der Waals surface area contributed by atoms with Gasteiger partial charge in [0.05, 0.1) is 36.0 Å². The number of anilines is 1. The van der Waals surface area contributed by atoms with Gasteiger partial charge in [0.15, 0.2) is 0 Å². The summed E-state index contributed by atoms with van der Waals surface area (Å²) in [6.45, 7) is 6.81. The second-order valence-electron chi connectivity index (χ2n) is 12.4. The third-order valence-electron chi connectivity index (χ3n) is 8.29. The van der Waals surface area contributed by atoms with Gasteiger partial charge in [0, 0.05) is 37.8 Å². The molecule has 0 spiro atoms. The molecule has 2 N–H and O–H groups in total. The lowest BCUT2D eigenvalue weighted by molar-refractivity contribution is -0.137. The number of halogens is 3. The Bertz CT molecular complexity index is 1590. The fourth-order valence-electron chi connectivity index (χ4n) is 5.55. The highest BCUT2D eigenvalue weighted by Crippen LogP contribution is 2.31. The topological polar surface area (TPSA) is 108 Å². The molecule has 0 radical (unpaired) electrons. The first kappa shape index (κ1) is 37.6. The van der Waals surface area contributed by atoms with Crippen LogP contribution in [0.15, 0.2) is 64.2 Å². The van der Waals surface area contributed by atoms with Crippen molar-refractivity contribution in [3.8, 4) is 5.75 Å². The molecule has 0 saturated carbocycles. The zero-order valence-electron chi connectivity index (χ0n) is 27.6. The zero-order chi connectivity index (χ0) is 35.1. The van der Waals surface area contributed by atoms with E-state index in [1.54, 1.807) is 35.4 Å². The van der Waals surface area contributed by atoms with Gasteiger partial charge in [-0.2, -0.15) is 13.2 Å². The van der Waals surface area contributed by atoms with Crippen LogP contribution < -0.4 is 9.46 Å². The Morgan fingerprint density at radius 2 is 1.85 bits per heavy atom. The lowest BCUT2D eigenvalue weighted by Gasteiger charge is -2.36. The molecule has 1 aliphatic rings. The molecule has 0 saturated heterocycles. The number of carbonyl (C=O) groups excluding carboxylic acids is 1. The van der Waals surface area contributed by atoms with Gasteiger partial charge in [0.25, 0.3) is 15.9 Å². The molecule has 264 valence electrons. The number of nitrogens with one attached hydrogen (secondary N) is 1. The third-order valence-corrected chi connectivity index (χ3v) is 11.1. The Kier molecular flexibility index (Phi) is 12.9. The van der Waals surface area contributed by atoms with Crippen molar-refractivity contribution in [1.82, 2.24) is 9.80 Å². The van der Waals surface area contributed by atoms with Gasteiger partial charge in [-0.25, -0.2) is 8.42 Å². The van der Waals surface area contributed by atoms with Crippen molar-refractivity contribution in [1.29, 1.82) is 0 Å². The van der Waals surface area contributed by atoms with Crippen LogP contribution in [0, 0.1) is 5.92 Å². The van der Waals surface area contributed by atoms with Crippen molar-refractivity contribution in [2.75, 3.05) is 38.1 Å². The van der Waals surface area contributed by atoms with Crippen LogP contribution in [-0.4, -0.2) is 80.8 Å². The van der Waals surface area contributed by atoms with Gasteiger partial charge in [-0.1, -0.05) is 25.1 Å². The molecule has 0 bridgehead atoms. The number of hydrogen-bond acceptors (Lipinski definition) is 8. The van der Waals surface area contributed by atoms with Crippen molar-refractivity contribution in [2.24, 2.45) is 5.92 Å². The van der Waals surface area contributed by atoms with Gasteiger partial charge in [-0.15, -0.1) is 11.3 Å². The Balaban J connectivity index is 1.60. The number of sulfonamides is 1. The summed E-state index contributed by atoms with van der Waals surface area (Å²) in [5, 5.41) is 11.8. The van der Waals surface area contributed by atoms with Crippen molar-refractivity contribution < 1.29 is 41.0 Å². The molecule has 1 aromatic heterocycles. The van der Waals surface area contributed by atoms with Gasteiger partial charge >= 0.3 is 6.18 Å². The van der Waals surface area contributed by atoms with E-state index in [-0.39, 0.29) is 46.7 Å². The lowest BCUT2D eigenvalue weighted by atomic mass is 10.0. The van der Waals surface area contributed by atoms with Crippen LogP contribution in [0.2, 0.25) is 0 Å². The molecule has 0 aliphatic carbocycles. The van der Waals surface area contributed by atoms with E-state index in [1.807, 2.05) is 25.8 Å². The molecule has 4 atom stereocenters. The summed E-state index contributed by atoms with van der Waals surface area (Å²) in [5.41, 5.74) is 0.382. The maximum absolute atomic E-state index is 14.3. The number of thiophene rings is 1. The minimum absolute atomic E-state index is 0.137. The molecular weight excluding hydrogens is 668 g/mol. The van der Waals surface area contributed by atoms with Crippen LogP contribution in [0.1, 0.15) is 61.5 Å². The smallest absolute Gasteiger partial charge is 0.416 e. The molecule has 2 heterocycles. The Morgan fingerprint density at radius 3 is 2.50 bits per heavy atom. The largest absolute Gasteiger partial charge is 0.490 e. The Hall–Kier alpha value is -3.17. The summed E-state index contributed by atoms with van der Waals surface area (Å²) >= 11 is 1.08. The number of fused-ring (bicyclic) bond motifs is 1. The highest BCUT2D eigenvalue weighted by atomic mass is 32.2. The number of carbonyl (C=O) groups is 1. The van der Waals surface area contributed by atoms with Crippen molar-refractivity contribution in [3.05, 3.63) is 76.7 Å². The monoisotopic (exact) mass is 711 g/mol. The number of likely N-dealkylation sites (N-methyl/N-ethyl adjacent to an activating group) is 1. The number of amides is 1. The number of hydrogen-bond donors (Lipinski definition) is 2. The van der Waals surface area contributed by atoms with E-state index in [0.29, 0.717) is 31.9 Å². The average molecular weight is 712 g/mol. The molecular formula is C34H44F3N3O6S2. The second kappa shape index (κ2) is 16.5. The number of rotatable bonds is 9. The van der Waals surface area contributed by atoms with E-state index in [9.17, 15) is 31.5 Å². The average Bonchev–Trinajstić information content (AvgIpc) is 3.59. The highest BCUT2D eigenvalue weighted by Gasteiger charge is 2.32. The van der Waals surface area contributed by atoms with Crippen molar-refractivity contribution in [3.63, 3.8) is 0 Å². The summed E-state index contributed by atoms with van der Waals surface area (Å²) in [5.74, 6) is -0.336. The van der Waals surface area contributed by atoms with Crippen LogP contribution in [-0.2, 0) is 27.5 Å². The maximum atomic E-state index is 14.3. The van der Waals surface area contributed by atoms with E-state index in [1.165, 1.54) is 24.3 Å². The molecule has 0 fully saturated rings. The SMILES string of the molecule is C[C@@H]1CN([C@@H](C)CO)C(=O)c2cc(NS(=O)(=O)c3cccs3)ccc2O[C@@H](C)CCCCO[C@H]1CN(C)Cc1ccc(C(F)(F)F)cc1. The minimum atomic E-state index is -4.40. The fraction of sp³-hybridized carbons (Fsp3) is 0.500. The van der Waals surface area contributed by atoms with Crippen LogP contribution in [0.5, 0.6) is 5.75 Å². The number of benzene rings is 2. The first-order valence-corrected chi connectivity index (χ1v) is 18.3. The summed E-state index contributed by atoms with van der Waals surface area (Å²) in [4.78, 5) is 17.8. The number of nitrogens with zero attached hydrogens (tertiary/aromatic N) is 2. The first-order valence-electron chi connectivity index (χ1n) is 15.9. The third kappa shape index (κ3) is 10.2. The quantitative estimate of drug-likeness (QED) is 0.261. The van der Waals surface area contributed by atoms with Crippen LogP contribution in [0.3, 0.4) is 0 Å². The van der Waals surface area contributed by atoms with Crippen LogP contribution >= 0.6 is 11.3 Å². The van der Waals surface area contributed by atoms with E-state index in [0.717, 1.165) is 41.9 Å². The van der Waals surface area contributed by atoms with Gasteiger partial charge in [-0.05, 0) is 87.5 Å². The van der Waals surface area contributed by atoms with E-state index in [4.69, 9.17) is 9.47 Å². The van der Waals surface area contributed by atoms with E-state index >= 15 is 0 Å². The molecule has 4 rings (SSSR count). The van der Waals surface area contributed by atoms with E-state index < -0.39 is 33.7 Å². The second-order valence-corrected chi connectivity index (χ2v) is 15.3. The predicted molar refractivity (Wildman–Crippen MR) is 180 cm³/mol. The standard InChI is InChI=1S/C34H44F3N3O6S2/c1-23-19-40(24(2)22-41)33(42)29-18-28(38-48(43,44)32-9-7-17-47-32)14-15-30(29)46-25(3)8-5-6-16-45-31(23)21-39(4)20-26-10-12-27(13-11-26)34(35,36)37/h7,9-15,17-18,23-25,31,38,41H,5-6,8,16,19-22H2,1-4H3/t23-,24+,25+,31+/m1/s1. The lowest BCUT2D eigenvalue weighted by Crippen LogP contribution is -2.47. The summed E-state index contributed by atoms with van der Waals surface area (Å²) in [6.07, 6.45) is -2.73. The van der Waals surface area contributed by atoms with Crippen LogP contribution in [0.4, 0.5) is 18.9 Å². The van der Waals surface area contributed by atoms with Gasteiger partial charge < -0.3 is 19.5 Å². The van der Waals surface area contributed by atoms with Crippen molar-refractivity contribution in [2.45, 2.75) is 75.2 Å². The normalized spacial score (nSPS) is 20.9. The molecule has 1 amide bonds. The Morgan fingerprint density at radius 1 is 1.12 bits per heavy atom. The molecule has 48 heavy (non-hydrogen) atoms. The molecule has 9 nitrogen and oxygen atoms in total. The summed E-state index contributed by atoms with van der Waals surface area (Å²) in [6, 6.07) is 12.3. The number of aliphatic hydroxyl groups is 1. The summed E-state index contributed by atoms with van der Waals surface area (Å²) < 4.78 is 80.4. The molecule has 3 aromatic rings. The minimum Gasteiger partial charge on any atom is -0.490 e. The molecule has 1 aliphatic heterocycles. The van der Waals surface area contributed by atoms with Crippen LogP contribution in [0.25, 0.3) is 0 Å². The first-order chi connectivity index (χ1) is 22.7. The molecule has 14 heteroatoms. The predicted octanol–water partition coefficient (Wildman–Crippen LogP) is 6.50. The number of ether oxygens (including phenoxy) is 2. The van der Waals surface area contributed by atoms with Gasteiger partial charge in [-0.3, -0.25) is 14.4 Å². The maximum Gasteiger partial charge on any atom is 0.416 e. The number of aliphatic hydroxyl groups excluding tert-OH is 1. The van der Waals surface area contributed by atoms with Crippen molar-refractivity contribution >= 4 is 33.0 Å². The number of alkyl halides is 3. The van der Waals surface area contributed by atoms with Gasteiger partial charge in [0.2, 0.25) is 0 Å². The highest BCUT2D eigenvalue weighted by molar-refractivity contribution is 7.94. The fourth-order valence-corrected chi connectivity index (χ4v) is 7.60.